The van der Waals surface area contributed by atoms with E-state index in [-0.39, 0.29) is 5.60 Å². The zero-order chi connectivity index (χ0) is 15.3. The van der Waals surface area contributed by atoms with E-state index in [4.69, 9.17) is 4.74 Å². The van der Waals surface area contributed by atoms with E-state index >= 15 is 0 Å². The first kappa shape index (κ1) is 17.2. The Morgan fingerprint density at radius 1 is 1.35 bits per heavy atom. The van der Waals surface area contributed by atoms with Gasteiger partial charge in [0.2, 0.25) is 0 Å². The van der Waals surface area contributed by atoms with E-state index in [0.717, 1.165) is 31.5 Å². The van der Waals surface area contributed by atoms with Gasteiger partial charge in [0, 0.05) is 25.9 Å². The molecule has 4 nitrogen and oxygen atoms in total. The van der Waals surface area contributed by atoms with Crippen LogP contribution < -0.4 is 5.32 Å². The summed E-state index contributed by atoms with van der Waals surface area (Å²) in [6, 6.07) is 0.482. The first-order chi connectivity index (χ1) is 9.30. The molecule has 1 rings (SSSR count). The third-order valence-electron chi connectivity index (χ3n) is 4.25. The molecule has 0 aliphatic carbocycles. The Morgan fingerprint density at radius 2 is 2.00 bits per heavy atom. The summed E-state index contributed by atoms with van der Waals surface area (Å²) >= 11 is 0. The van der Waals surface area contributed by atoms with Crippen LogP contribution in [0.3, 0.4) is 0 Å². The minimum Gasteiger partial charge on any atom is -0.379 e. The number of hydrogen-bond acceptors (Lipinski definition) is 3. The van der Waals surface area contributed by atoms with Crippen molar-refractivity contribution < 1.29 is 4.74 Å². The Labute approximate surface area is 123 Å². The van der Waals surface area contributed by atoms with Gasteiger partial charge >= 0.3 is 0 Å². The first-order valence-corrected chi connectivity index (χ1v) is 7.58. The summed E-state index contributed by atoms with van der Waals surface area (Å²) in [5, 5.41) is 8.11. The van der Waals surface area contributed by atoms with E-state index in [1.165, 1.54) is 11.3 Å². The molecule has 0 aliphatic rings. The van der Waals surface area contributed by atoms with Gasteiger partial charge in [0.25, 0.3) is 0 Å². The number of aromatic nitrogens is 2. The molecule has 0 fully saturated rings. The van der Waals surface area contributed by atoms with Crippen LogP contribution in [0.15, 0.2) is 0 Å². The van der Waals surface area contributed by atoms with Crippen LogP contribution in [0.25, 0.3) is 0 Å². The number of rotatable bonds is 8. The van der Waals surface area contributed by atoms with Crippen LogP contribution in [-0.4, -0.2) is 35.1 Å². The van der Waals surface area contributed by atoms with Crippen molar-refractivity contribution in [1.29, 1.82) is 0 Å². The highest BCUT2D eigenvalue weighted by Gasteiger charge is 2.21. The zero-order valence-electron chi connectivity index (χ0n) is 14.2. The summed E-state index contributed by atoms with van der Waals surface area (Å²) in [7, 11) is 3.81. The second-order valence-electron chi connectivity index (χ2n) is 6.23. The van der Waals surface area contributed by atoms with E-state index in [0.29, 0.717) is 6.04 Å². The maximum Gasteiger partial charge on any atom is 0.0628 e. The molecule has 1 heterocycles. The van der Waals surface area contributed by atoms with Gasteiger partial charge in [-0.15, -0.1) is 0 Å². The maximum absolute atomic E-state index is 5.52. The molecular formula is C16H31N3O. The Hall–Kier alpha value is -0.870. The quantitative estimate of drug-likeness (QED) is 0.796. The zero-order valence-corrected chi connectivity index (χ0v) is 14.2. The van der Waals surface area contributed by atoms with Crippen LogP contribution in [0.2, 0.25) is 0 Å². The van der Waals surface area contributed by atoms with Gasteiger partial charge in [-0.2, -0.15) is 5.10 Å². The van der Waals surface area contributed by atoms with E-state index in [1.807, 2.05) is 11.7 Å². The molecule has 1 aromatic heterocycles. The second kappa shape index (κ2) is 7.23. The van der Waals surface area contributed by atoms with Crippen molar-refractivity contribution in [3.05, 3.63) is 17.0 Å². The topological polar surface area (TPSA) is 39.1 Å². The average Bonchev–Trinajstić information content (AvgIpc) is 2.63. The van der Waals surface area contributed by atoms with E-state index < -0.39 is 0 Å². The summed E-state index contributed by atoms with van der Waals surface area (Å²) in [6.45, 7) is 11.7. The van der Waals surface area contributed by atoms with E-state index in [9.17, 15) is 0 Å². The van der Waals surface area contributed by atoms with Gasteiger partial charge in [0.1, 0.15) is 0 Å². The molecular weight excluding hydrogens is 250 g/mol. The molecule has 116 valence electrons. The monoisotopic (exact) mass is 281 g/mol. The SMILES string of the molecule is CCNC(CCC(C)(C)OC)Cc1c(C)nn(C)c1C. The molecule has 0 saturated heterocycles. The molecule has 1 aromatic rings. The fourth-order valence-electron chi connectivity index (χ4n) is 2.55. The summed E-state index contributed by atoms with van der Waals surface area (Å²) < 4.78 is 7.50. The van der Waals surface area contributed by atoms with Gasteiger partial charge in [-0.05, 0) is 59.1 Å². The van der Waals surface area contributed by atoms with Crippen molar-refractivity contribution in [2.45, 2.75) is 65.5 Å². The van der Waals surface area contributed by atoms with Crippen molar-refractivity contribution in [2.24, 2.45) is 7.05 Å². The first-order valence-electron chi connectivity index (χ1n) is 7.58. The van der Waals surface area contributed by atoms with Crippen LogP contribution in [-0.2, 0) is 18.2 Å². The Morgan fingerprint density at radius 3 is 2.45 bits per heavy atom. The van der Waals surface area contributed by atoms with Crippen molar-refractivity contribution >= 4 is 0 Å². The normalized spacial score (nSPS) is 13.8. The van der Waals surface area contributed by atoms with Crippen molar-refractivity contribution in [1.82, 2.24) is 15.1 Å². The lowest BCUT2D eigenvalue weighted by molar-refractivity contribution is 0.0117. The Balaban J connectivity index is 2.72. The van der Waals surface area contributed by atoms with Gasteiger partial charge in [0.05, 0.1) is 11.3 Å². The third kappa shape index (κ3) is 4.60. The highest BCUT2D eigenvalue weighted by Crippen LogP contribution is 2.20. The standard InChI is InChI=1S/C16H31N3O/c1-8-17-14(9-10-16(4,5)20-7)11-15-12(2)18-19(6)13(15)3/h14,17H,8-11H2,1-7H3. The summed E-state index contributed by atoms with van der Waals surface area (Å²) in [4.78, 5) is 0. The highest BCUT2D eigenvalue weighted by molar-refractivity contribution is 5.25. The predicted octanol–water partition coefficient (Wildman–Crippen LogP) is 2.76. The molecule has 1 unspecified atom stereocenters. The summed E-state index contributed by atoms with van der Waals surface area (Å²) in [5.74, 6) is 0. The Kier molecular flexibility index (Phi) is 6.21. The second-order valence-corrected chi connectivity index (χ2v) is 6.23. The van der Waals surface area contributed by atoms with Crippen LogP contribution in [0.1, 0.15) is 50.6 Å². The van der Waals surface area contributed by atoms with Gasteiger partial charge in [0.15, 0.2) is 0 Å². The van der Waals surface area contributed by atoms with Crippen LogP contribution in [0, 0.1) is 13.8 Å². The lowest BCUT2D eigenvalue weighted by Gasteiger charge is -2.26. The fourth-order valence-corrected chi connectivity index (χ4v) is 2.55. The number of hydrogen-bond donors (Lipinski definition) is 1. The number of ether oxygens (including phenoxy) is 1. The van der Waals surface area contributed by atoms with Gasteiger partial charge in [-0.25, -0.2) is 0 Å². The van der Waals surface area contributed by atoms with E-state index in [1.54, 1.807) is 7.11 Å². The lowest BCUT2D eigenvalue weighted by Crippen LogP contribution is -2.34. The van der Waals surface area contributed by atoms with Crippen LogP contribution in [0.4, 0.5) is 0 Å². The highest BCUT2D eigenvalue weighted by atomic mass is 16.5. The molecule has 0 radical (unpaired) electrons. The Bertz CT molecular complexity index is 424. The predicted molar refractivity (Wildman–Crippen MR) is 84.2 cm³/mol. The van der Waals surface area contributed by atoms with Crippen LogP contribution in [0.5, 0.6) is 0 Å². The molecule has 0 bridgehead atoms. The summed E-state index contributed by atoms with van der Waals surface area (Å²) in [6.07, 6.45) is 3.21. The van der Waals surface area contributed by atoms with E-state index in [2.05, 4.69) is 45.0 Å². The van der Waals surface area contributed by atoms with Gasteiger partial charge in [-0.1, -0.05) is 6.92 Å². The molecule has 4 heteroatoms. The average molecular weight is 281 g/mol. The summed E-state index contributed by atoms with van der Waals surface area (Å²) in [5.41, 5.74) is 3.76. The van der Waals surface area contributed by atoms with Crippen LogP contribution >= 0.6 is 0 Å². The minimum absolute atomic E-state index is 0.0489. The molecule has 0 spiro atoms. The fraction of sp³-hybridized carbons (Fsp3) is 0.812. The maximum atomic E-state index is 5.52. The number of nitrogens with one attached hydrogen (secondary N) is 1. The minimum atomic E-state index is -0.0489. The van der Waals surface area contributed by atoms with Crippen molar-refractivity contribution in [3.63, 3.8) is 0 Å². The van der Waals surface area contributed by atoms with Crippen molar-refractivity contribution in [3.8, 4) is 0 Å². The largest absolute Gasteiger partial charge is 0.379 e. The molecule has 0 amide bonds. The number of likely N-dealkylation sites (N-methyl/N-ethyl adjacent to an activating group) is 1. The van der Waals surface area contributed by atoms with Crippen molar-refractivity contribution in [2.75, 3.05) is 13.7 Å². The van der Waals surface area contributed by atoms with Gasteiger partial charge < -0.3 is 10.1 Å². The molecule has 1 atom stereocenters. The molecule has 20 heavy (non-hydrogen) atoms. The number of aryl methyl sites for hydroxylation is 2. The van der Waals surface area contributed by atoms with Gasteiger partial charge in [-0.3, -0.25) is 4.68 Å². The molecule has 0 aromatic carbocycles. The molecule has 0 aliphatic heterocycles. The lowest BCUT2D eigenvalue weighted by atomic mass is 9.94. The molecule has 0 saturated carbocycles. The third-order valence-corrected chi connectivity index (χ3v) is 4.25. The number of nitrogens with zero attached hydrogens (tertiary/aromatic N) is 2. The smallest absolute Gasteiger partial charge is 0.0628 e. The number of methoxy groups -OCH3 is 1. The molecule has 1 N–H and O–H groups in total.